The summed E-state index contributed by atoms with van der Waals surface area (Å²) in [6.07, 6.45) is -0.606. The van der Waals surface area contributed by atoms with Crippen LogP contribution in [0.5, 0.6) is 5.75 Å². The van der Waals surface area contributed by atoms with Crippen LogP contribution in [0, 0.1) is 26.6 Å². The third kappa shape index (κ3) is 5.68. The Bertz CT molecular complexity index is 969. The highest BCUT2D eigenvalue weighted by atomic mass is 19.1. The molecule has 0 aliphatic heterocycles. The summed E-state index contributed by atoms with van der Waals surface area (Å²) in [4.78, 5) is 2.05. The molecule has 0 bridgehead atoms. The average Bonchev–Trinajstić information content (AvgIpc) is 2.96. The lowest BCUT2D eigenvalue weighted by atomic mass is 10.1. The van der Waals surface area contributed by atoms with Crippen molar-refractivity contribution in [3.05, 3.63) is 82.4 Å². The summed E-state index contributed by atoms with van der Waals surface area (Å²) in [5, 5.41) is 15.0. The molecule has 0 aliphatic rings. The van der Waals surface area contributed by atoms with Crippen LogP contribution in [0.15, 0.2) is 48.5 Å². The van der Waals surface area contributed by atoms with Gasteiger partial charge in [-0.1, -0.05) is 35.9 Å². The summed E-state index contributed by atoms with van der Waals surface area (Å²) in [7, 11) is 1.96. The lowest BCUT2D eigenvalue weighted by molar-refractivity contribution is 0.0743. The SMILES string of the molecule is Cc1ccc(OCC(O)CN(C)Cc2c(C)nn(Cc3ccccc3F)c2C)cc1. The van der Waals surface area contributed by atoms with Gasteiger partial charge in [0.15, 0.2) is 0 Å². The van der Waals surface area contributed by atoms with Crippen LogP contribution in [0.3, 0.4) is 0 Å². The van der Waals surface area contributed by atoms with Gasteiger partial charge in [0.2, 0.25) is 0 Å². The molecule has 0 saturated heterocycles. The third-order valence-electron chi connectivity index (χ3n) is 5.22. The topological polar surface area (TPSA) is 50.5 Å². The quantitative estimate of drug-likeness (QED) is 0.581. The molecule has 0 saturated carbocycles. The molecule has 1 heterocycles. The molecule has 1 N–H and O–H groups in total. The van der Waals surface area contributed by atoms with Crippen molar-refractivity contribution < 1.29 is 14.2 Å². The van der Waals surface area contributed by atoms with Crippen LogP contribution in [0.2, 0.25) is 0 Å². The van der Waals surface area contributed by atoms with Crippen molar-refractivity contribution in [3.63, 3.8) is 0 Å². The predicted molar refractivity (Wildman–Crippen MR) is 116 cm³/mol. The molecule has 0 radical (unpaired) electrons. The van der Waals surface area contributed by atoms with Crippen LogP contribution >= 0.6 is 0 Å². The maximum atomic E-state index is 14.0. The molecule has 2 aromatic carbocycles. The van der Waals surface area contributed by atoms with E-state index in [4.69, 9.17) is 4.74 Å². The van der Waals surface area contributed by atoms with Crippen molar-refractivity contribution in [1.82, 2.24) is 14.7 Å². The highest BCUT2D eigenvalue weighted by molar-refractivity contribution is 5.27. The fraction of sp³-hybridized carbons (Fsp3) is 0.375. The Morgan fingerprint density at radius 1 is 1.10 bits per heavy atom. The standard InChI is InChI=1S/C24H30FN3O2/c1-17-9-11-22(12-10-17)30-16-21(29)14-27(4)15-23-18(2)26-28(19(23)3)13-20-7-5-6-8-24(20)25/h5-12,21,29H,13-16H2,1-4H3. The number of aromatic nitrogens is 2. The molecule has 0 amide bonds. The van der Waals surface area contributed by atoms with Gasteiger partial charge in [-0.05, 0) is 46.0 Å². The minimum absolute atomic E-state index is 0.222. The Morgan fingerprint density at radius 2 is 1.80 bits per heavy atom. The second kappa shape index (κ2) is 9.87. The molecule has 160 valence electrons. The van der Waals surface area contributed by atoms with Crippen LogP contribution in [0.1, 0.15) is 28.1 Å². The molecular weight excluding hydrogens is 381 g/mol. The Morgan fingerprint density at radius 3 is 2.50 bits per heavy atom. The lowest BCUT2D eigenvalue weighted by Gasteiger charge is -2.21. The number of benzene rings is 2. The van der Waals surface area contributed by atoms with Gasteiger partial charge >= 0.3 is 0 Å². The van der Waals surface area contributed by atoms with E-state index in [-0.39, 0.29) is 12.4 Å². The van der Waals surface area contributed by atoms with Crippen molar-refractivity contribution in [2.45, 2.75) is 40.0 Å². The first-order valence-electron chi connectivity index (χ1n) is 10.2. The van der Waals surface area contributed by atoms with Crippen LogP contribution in [-0.2, 0) is 13.1 Å². The molecule has 6 heteroatoms. The first kappa shape index (κ1) is 22.0. The smallest absolute Gasteiger partial charge is 0.128 e. The Hall–Kier alpha value is -2.70. The van der Waals surface area contributed by atoms with Crippen LogP contribution in [-0.4, -0.2) is 46.1 Å². The van der Waals surface area contributed by atoms with Gasteiger partial charge in [-0.3, -0.25) is 9.58 Å². The molecule has 3 aromatic rings. The number of aliphatic hydroxyl groups is 1. The summed E-state index contributed by atoms with van der Waals surface area (Å²) in [5.41, 5.74) is 4.81. The number of hydrogen-bond donors (Lipinski definition) is 1. The van der Waals surface area contributed by atoms with Crippen molar-refractivity contribution in [3.8, 4) is 5.75 Å². The maximum absolute atomic E-state index is 14.0. The van der Waals surface area contributed by atoms with E-state index in [1.807, 2.05) is 67.7 Å². The summed E-state index contributed by atoms with van der Waals surface area (Å²) in [6.45, 7) is 7.75. The minimum atomic E-state index is -0.606. The van der Waals surface area contributed by atoms with Crippen molar-refractivity contribution in [2.24, 2.45) is 0 Å². The number of halogens is 1. The molecule has 0 aliphatic carbocycles. The molecule has 0 spiro atoms. The number of ether oxygens (including phenoxy) is 1. The van der Waals surface area contributed by atoms with Crippen LogP contribution in [0.4, 0.5) is 4.39 Å². The van der Waals surface area contributed by atoms with Gasteiger partial charge in [0.25, 0.3) is 0 Å². The number of hydrogen-bond acceptors (Lipinski definition) is 4. The van der Waals surface area contributed by atoms with Crippen LogP contribution in [0.25, 0.3) is 0 Å². The van der Waals surface area contributed by atoms with Crippen molar-refractivity contribution in [2.75, 3.05) is 20.2 Å². The zero-order valence-electron chi connectivity index (χ0n) is 18.1. The summed E-state index contributed by atoms with van der Waals surface area (Å²) in [5.74, 6) is 0.531. The van der Waals surface area contributed by atoms with Gasteiger partial charge in [0.05, 0.1) is 12.2 Å². The van der Waals surface area contributed by atoms with E-state index in [1.54, 1.807) is 12.1 Å². The van der Waals surface area contributed by atoms with Gasteiger partial charge in [-0.25, -0.2) is 4.39 Å². The van der Waals surface area contributed by atoms with E-state index in [0.29, 0.717) is 25.2 Å². The Kier molecular flexibility index (Phi) is 7.24. The van der Waals surface area contributed by atoms with E-state index >= 15 is 0 Å². The van der Waals surface area contributed by atoms with E-state index in [1.165, 1.54) is 11.6 Å². The van der Waals surface area contributed by atoms with Gasteiger partial charge in [-0.2, -0.15) is 5.10 Å². The fourth-order valence-corrected chi connectivity index (χ4v) is 3.48. The molecule has 3 rings (SSSR count). The first-order chi connectivity index (χ1) is 14.3. The van der Waals surface area contributed by atoms with Gasteiger partial charge < -0.3 is 9.84 Å². The largest absolute Gasteiger partial charge is 0.491 e. The summed E-state index contributed by atoms with van der Waals surface area (Å²) in [6, 6.07) is 14.5. The molecule has 0 fully saturated rings. The minimum Gasteiger partial charge on any atom is -0.491 e. The Labute approximate surface area is 177 Å². The second-order valence-corrected chi connectivity index (χ2v) is 7.87. The number of aliphatic hydroxyl groups excluding tert-OH is 1. The normalized spacial score (nSPS) is 12.4. The summed E-state index contributed by atoms with van der Waals surface area (Å²) >= 11 is 0. The highest BCUT2D eigenvalue weighted by Crippen LogP contribution is 2.18. The van der Waals surface area contributed by atoms with E-state index < -0.39 is 6.10 Å². The average molecular weight is 412 g/mol. The monoisotopic (exact) mass is 411 g/mol. The Balaban J connectivity index is 1.56. The molecule has 30 heavy (non-hydrogen) atoms. The number of rotatable bonds is 9. The second-order valence-electron chi connectivity index (χ2n) is 7.87. The highest BCUT2D eigenvalue weighted by Gasteiger charge is 2.16. The van der Waals surface area contributed by atoms with Crippen molar-refractivity contribution >= 4 is 0 Å². The van der Waals surface area contributed by atoms with E-state index in [0.717, 1.165) is 22.7 Å². The summed E-state index contributed by atoms with van der Waals surface area (Å²) < 4.78 is 21.5. The molecule has 1 unspecified atom stereocenters. The lowest BCUT2D eigenvalue weighted by Crippen LogP contribution is -2.33. The first-order valence-corrected chi connectivity index (χ1v) is 10.2. The van der Waals surface area contributed by atoms with Gasteiger partial charge in [0.1, 0.15) is 24.3 Å². The van der Waals surface area contributed by atoms with Gasteiger partial charge in [0, 0.05) is 29.9 Å². The molecule has 1 aromatic heterocycles. The zero-order valence-corrected chi connectivity index (χ0v) is 18.1. The third-order valence-corrected chi connectivity index (χ3v) is 5.22. The zero-order chi connectivity index (χ0) is 21.7. The number of nitrogens with zero attached hydrogens (tertiary/aromatic N) is 3. The molecule has 5 nitrogen and oxygen atoms in total. The van der Waals surface area contributed by atoms with Gasteiger partial charge in [-0.15, -0.1) is 0 Å². The van der Waals surface area contributed by atoms with E-state index in [2.05, 4.69) is 5.10 Å². The van der Waals surface area contributed by atoms with Crippen molar-refractivity contribution in [1.29, 1.82) is 0 Å². The predicted octanol–water partition coefficient (Wildman–Crippen LogP) is 3.87. The number of aryl methyl sites for hydroxylation is 2. The molecular formula is C24H30FN3O2. The maximum Gasteiger partial charge on any atom is 0.128 e. The number of likely N-dealkylation sites (N-methyl/N-ethyl adjacent to an activating group) is 1. The van der Waals surface area contributed by atoms with Crippen LogP contribution < -0.4 is 4.74 Å². The fourth-order valence-electron chi connectivity index (χ4n) is 3.48. The molecule has 1 atom stereocenters. The van der Waals surface area contributed by atoms with E-state index in [9.17, 15) is 9.50 Å².